The van der Waals surface area contributed by atoms with Gasteiger partial charge in [0.25, 0.3) is 5.91 Å². The lowest BCUT2D eigenvalue weighted by Gasteiger charge is -2.10. The van der Waals surface area contributed by atoms with Crippen LogP contribution in [0.25, 0.3) is 10.9 Å². The molecule has 2 aromatic carbocycles. The van der Waals surface area contributed by atoms with E-state index in [0.29, 0.717) is 5.56 Å². The van der Waals surface area contributed by atoms with Crippen molar-refractivity contribution in [3.8, 4) is 0 Å². The van der Waals surface area contributed by atoms with E-state index >= 15 is 0 Å². The van der Waals surface area contributed by atoms with Crippen molar-refractivity contribution in [2.75, 3.05) is 14.1 Å². The van der Waals surface area contributed by atoms with Gasteiger partial charge in [0.1, 0.15) is 0 Å². The summed E-state index contributed by atoms with van der Waals surface area (Å²) in [6, 6.07) is 15.8. The van der Waals surface area contributed by atoms with Gasteiger partial charge in [0.2, 0.25) is 0 Å². The lowest BCUT2D eigenvalue weighted by molar-refractivity contribution is 0.0706. The maximum atomic E-state index is 11.5. The first-order chi connectivity index (χ1) is 11.6. The van der Waals surface area contributed by atoms with Crippen LogP contribution < -0.4 is 5.48 Å². The van der Waals surface area contributed by atoms with Crippen LogP contribution in [0.1, 0.15) is 15.9 Å². The molecule has 0 radical (unpaired) electrons. The number of aromatic nitrogens is 1. The Hall–Kier alpha value is -2.28. The highest BCUT2D eigenvalue weighted by atomic mass is 32.2. The van der Waals surface area contributed by atoms with Gasteiger partial charge in [0.05, 0.1) is 5.52 Å². The summed E-state index contributed by atoms with van der Waals surface area (Å²) in [7, 11) is 4.11. The van der Waals surface area contributed by atoms with Crippen LogP contribution in [0, 0.1) is 0 Å². The molecule has 2 N–H and O–H groups in total. The molecule has 0 unspecified atom stereocenters. The first-order valence-electron chi connectivity index (χ1n) is 7.54. The summed E-state index contributed by atoms with van der Waals surface area (Å²) in [6.07, 6.45) is 1.98. The summed E-state index contributed by atoms with van der Waals surface area (Å²) >= 11 is 1.62. The van der Waals surface area contributed by atoms with Crippen molar-refractivity contribution in [1.29, 1.82) is 0 Å². The van der Waals surface area contributed by atoms with Crippen molar-refractivity contribution >= 4 is 28.8 Å². The largest absolute Gasteiger partial charge is 0.305 e. The Labute approximate surface area is 145 Å². The molecule has 0 saturated heterocycles. The number of hydrogen-bond donors (Lipinski definition) is 2. The van der Waals surface area contributed by atoms with Crippen LogP contribution in [0.15, 0.2) is 59.6 Å². The minimum absolute atomic E-state index is 0.431. The third-order valence-electron chi connectivity index (χ3n) is 3.64. The smallest absolute Gasteiger partial charge is 0.274 e. The second-order valence-electron chi connectivity index (χ2n) is 5.83. The van der Waals surface area contributed by atoms with Crippen molar-refractivity contribution in [2.45, 2.75) is 11.4 Å². The Balaban J connectivity index is 1.81. The maximum Gasteiger partial charge on any atom is 0.274 e. The number of amides is 1. The Bertz CT molecular complexity index is 856. The van der Waals surface area contributed by atoms with Crippen LogP contribution in [-0.2, 0) is 6.54 Å². The lowest BCUT2D eigenvalue weighted by atomic mass is 10.1. The summed E-state index contributed by atoms with van der Waals surface area (Å²) in [5.74, 6) is -0.506. The van der Waals surface area contributed by atoms with E-state index in [0.717, 1.165) is 22.3 Å². The minimum Gasteiger partial charge on any atom is -0.305 e. The van der Waals surface area contributed by atoms with E-state index < -0.39 is 5.91 Å². The molecule has 0 fully saturated rings. The summed E-state index contributed by atoms with van der Waals surface area (Å²) < 4.78 is 2.07. The third kappa shape index (κ3) is 3.62. The van der Waals surface area contributed by atoms with Gasteiger partial charge in [-0.05, 0) is 68.0 Å². The number of hydrogen-bond acceptors (Lipinski definition) is 4. The number of rotatable bonds is 5. The summed E-state index contributed by atoms with van der Waals surface area (Å²) in [4.78, 5) is 14.8. The molecule has 0 aliphatic carbocycles. The number of nitrogens with one attached hydrogen (secondary N) is 1. The molecular formula is C18H19N3O2S. The van der Waals surface area contributed by atoms with E-state index in [9.17, 15) is 4.79 Å². The van der Waals surface area contributed by atoms with Crippen LogP contribution in [0.3, 0.4) is 0 Å². The third-order valence-corrected chi connectivity index (χ3v) is 4.64. The molecule has 1 heterocycles. The zero-order valence-corrected chi connectivity index (χ0v) is 14.4. The second kappa shape index (κ2) is 7.09. The molecule has 0 atom stereocenters. The van der Waals surface area contributed by atoms with Crippen LogP contribution in [-0.4, -0.2) is 34.1 Å². The average Bonchev–Trinajstić information content (AvgIpc) is 2.97. The van der Waals surface area contributed by atoms with Gasteiger partial charge < -0.3 is 4.90 Å². The molecule has 6 heteroatoms. The van der Waals surface area contributed by atoms with Crippen LogP contribution in [0.4, 0.5) is 0 Å². The summed E-state index contributed by atoms with van der Waals surface area (Å²) in [6.45, 7) is 0.924. The first kappa shape index (κ1) is 16.6. The Morgan fingerprint density at radius 1 is 1.17 bits per heavy atom. The Kier molecular flexibility index (Phi) is 4.89. The fraction of sp³-hybridized carbons (Fsp3) is 0.167. The number of nitrogens with zero attached hydrogens (tertiary/aromatic N) is 2. The number of fused-ring (bicyclic) bond motifs is 1. The monoisotopic (exact) mass is 341 g/mol. The van der Waals surface area contributed by atoms with Gasteiger partial charge in [0.15, 0.2) is 0 Å². The van der Waals surface area contributed by atoms with Gasteiger partial charge in [-0.3, -0.25) is 14.0 Å². The van der Waals surface area contributed by atoms with Crippen LogP contribution >= 0.6 is 11.9 Å². The number of benzene rings is 2. The highest BCUT2D eigenvalue weighted by molar-refractivity contribution is 7.98. The van der Waals surface area contributed by atoms with Gasteiger partial charge in [-0.1, -0.05) is 12.1 Å². The molecule has 0 bridgehead atoms. The van der Waals surface area contributed by atoms with Gasteiger partial charge >= 0.3 is 0 Å². The zero-order valence-electron chi connectivity index (χ0n) is 13.6. The van der Waals surface area contributed by atoms with Gasteiger partial charge in [0, 0.05) is 28.6 Å². The fourth-order valence-corrected chi connectivity index (χ4v) is 3.41. The zero-order chi connectivity index (χ0) is 17.1. The lowest BCUT2D eigenvalue weighted by Crippen LogP contribution is -2.18. The molecule has 124 valence electrons. The maximum absolute atomic E-state index is 11.5. The van der Waals surface area contributed by atoms with Crippen LogP contribution in [0.5, 0.6) is 0 Å². The minimum atomic E-state index is -0.506. The molecule has 0 saturated carbocycles. The Morgan fingerprint density at radius 3 is 2.58 bits per heavy atom. The Morgan fingerprint density at radius 2 is 1.92 bits per heavy atom. The van der Waals surface area contributed by atoms with Crippen LogP contribution in [0.2, 0.25) is 0 Å². The quantitative estimate of drug-likeness (QED) is 0.552. The van der Waals surface area contributed by atoms with Crippen molar-refractivity contribution in [3.05, 3.63) is 65.9 Å². The molecule has 0 aliphatic rings. The fourth-order valence-electron chi connectivity index (χ4n) is 2.54. The van der Waals surface area contributed by atoms with E-state index in [1.54, 1.807) is 29.6 Å². The van der Waals surface area contributed by atoms with E-state index in [-0.39, 0.29) is 0 Å². The highest BCUT2D eigenvalue weighted by Gasteiger charge is 2.08. The number of carbonyl (C=O) groups excluding carboxylic acids is 1. The van der Waals surface area contributed by atoms with Crippen molar-refractivity contribution in [2.24, 2.45) is 0 Å². The number of hydroxylamine groups is 1. The average molecular weight is 341 g/mol. The molecule has 5 nitrogen and oxygen atoms in total. The molecule has 3 rings (SSSR count). The van der Waals surface area contributed by atoms with E-state index in [4.69, 9.17) is 5.21 Å². The molecule has 3 aromatic rings. The predicted octanol–water partition coefficient (Wildman–Crippen LogP) is 3.38. The highest BCUT2D eigenvalue weighted by Crippen LogP contribution is 2.27. The molecular weight excluding hydrogens is 322 g/mol. The van der Waals surface area contributed by atoms with Crippen molar-refractivity contribution < 1.29 is 10.0 Å². The second-order valence-corrected chi connectivity index (χ2v) is 6.88. The normalized spacial score (nSPS) is 11.2. The topological polar surface area (TPSA) is 57.5 Å². The van der Waals surface area contributed by atoms with E-state index in [1.807, 2.05) is 18.3 Å². The van der Waals surface area contributed by atoms with E-state index in [1.165, 1.54) is 5.56 Å². The standard InChI is InChI=1S/C18H19N3O2S/c1-20(2)12-13-3-6-16(7-4-13)24-21-10-9-14-11-15(18(22)19-23)5-8-17(14)21/h3-11,23H,12H2,1-2H3,(H,19,22). The first-order valence-corrected chi connectivity index (χ1v) is 8.32. The predicted molar refractivity (Wildman–Crippen MR) is 96.3 cm³/mol. The SMILES string of the molecule is CN(C)Cc1ccc(Sn2ccc3cc(C(=O)NO)ccc32)cc1. The molecule has 1 amide bonds. The number of carbonyl (C=O) groups is 1. The van der Waals surface area contributed by atoms with Crippen molar-refractivity contribution in [3.63, 3.8) is 0 Å². The van der Waals surface area contributed by atoms with E-state index in [2.05, 4.69) is 47.2 Å². The molecule has 1 aromatic heterocycles. The molecule has 0 spiro atoms. The van der Waals surface area contributed by atoms with Gasteiger partial charge in [-0.15, -0.1) is 0 Å². The van der Waals surface area contributed by atoms with Gasteiger partial charge in [-0.2, -0.15) is 0 Å². The molecule has 0 aliphatic heterocycles. The van der Waals surface area contributed by atoms with Crippen molar-refractivity contribution in [1.82, 2.24) is 14.4 Å². The van der Waals surface area contributed by atoms with Gasteiger partial charge in [-0.25, -0.2) is 5.48 Å². The summed E-state index contributed by atoms with van der Waals surface area (Å²) in [5.41, 5.74) is 4.39. The molecule has 24 heavy (non-hydrogen) atoms. The summed E-state index contributed by atoms with van der Waals surface area (Å²) in [5, 5.41) is 9.68.